The van der Waals surface area contributed by atoms with Crippen molar-refractivity contribution in [3.05, 3.63) is 63.9 Å². The maximum atomic E-state index is 6.20. The number of aromatic nitrogens is 1. The normalized spacial score (nSPS) is 12.4. The van der Waals surface area contributed by atoms with Crippen molar-refractivity contribution in [3.8, 4) is 0 Å². The average Bonchev–Trinajstić information content (AvgIpc) is 2.40. The molecule has 1 N–H and O–H groups in total. The van der Waals surface area contributed by atoms with Crippen molar-refractivity contribution in [3.63, 3.8) is 0 Å². The summed E-state index contributed by atoms with van der Waals surface area (Å²) in [4.78, 5) is 4.41. The molecule has 0 aliphatic heterocycles. The van der Waals surface area contributed by atoms with Gasteiger partial charge >= 0.3 is 0 Å². The SMILES string of the molecule is CCCNC(c1ccc(C)nc1)c1cc(C)cc(Cl)c1. The molecule has 0 radical (unpaired) electrons. The highest BCUT2D eigenvalue weighted by molar-refractivity contribution is 6.30. The van der Waals surface area contributed by atoms with E-state index in [0.717, 1.165) is 23.7 Å². The molecule has 106 valence electrons. The minimum atomic E-state index is 0.139. The van der Waals surface area contributed by atoms with Gasteiger partial charge in [0, 0.05) is 16.9 Å². The number of halogens is 1. The van der Waals surface area contributed by atoms with Crippen LogP contribution >= 0.6 is 11.6 Å². The fraction of sp³-hybridized carbons (Fsp3) is 0.353. The summed E-state index contributed by atoms with van der Waals surface area (Å²) in [5.74, 6) is 0. The van der Waals surface area contributed by atoms with Crippen LogP contribution in [0.5, 0.6) is 0 Å². The molecule has 0 bridgehead atoms. The second-order valence-electron chi connectivity index (χ2n) is 5.18. The summed E-state index contributed by atoms with van der Waals surface area (Å²) in [6.45, 7) is 7.20. The smallest absolute Gasteiger partial charge is 0.0592 e. The Kier molecular flexibility index (Phi) is 5.16. The summed E-state index contributed by atoms with van der Waals surface area (Å²) < 4.78 is 0. The van der Waals surface area contributed by atoms with Crippen LogP contribution < -0.4 is 5.32 Å². The van der Waals surface area contributed by atoms with E-state index in [2.05, 4.69) is 36.3 Å². The molecule has 20 heavy (non-hydrogen) atoms. The molecule has 2 nitrogen and oxygen atoms in total. The van der Waals surface area contributed by atoms with Crippen molar-refractivity contribution >= 4 is 11.6 Å². The lowest BCUT2D eigenvalue weighted by Crippen LogP contribution is -2.23. The molecule has 0 amide bonds. The predicted molar refractivity (Wildman–Crippen MR) is 85.3 cm³/mol. The molecule has 0 fully saturated rings. The number of rotatable bonds is 5. The molecule has 1 unspecified atom stereocenters. The van der Waals surface area contributed by atoms with Gasteiger partial charge < -0.3 is 5.32 Å². The first-order chi connectivity index (χ1) is 9.60. The lowest BCUT2D eigenvalue weighted by molar-refractivity contribution is 0.596. The fourth-order valence-electron chi connectivity index (χ4n) is 2.30. The van der Waals surface area contributed by atoms with Crippen LogP contribution in [0.3, 0.4) is 0 Å². The van der Waals surface area contributed by atoms with Crippen LogP contribution in [-0.4, -0.2) is 11.5 Å². The molecule has 0 saturated heterocycles. The number of pyridine rings is 1. The third-order valence-electron chi connectivity index (χ3n) is 3.26. The van der Waals surface area contributed by atoms with Gasteiger partial charge in [0.15, 0.2) is 0 Å². The Bertz CT molecular complexity index is 543. The Hall–Kier alpha value is -1.38. The van der Waals surface area contributed by atoms with Gasteiger partial charge in [-0.05, 0) is 61.7 Å². The van der Waals surface area contributed by atoms with Crippen molar-refractivity contribution in [2.75, 3.05) is 6.54 Å². The molecular weight excluding hydrogens is 268 g/mol. The molecule has 1 atom stereocenters. The Morgan fingerprint density at radius 2 is 1.95 bits per heavy atom. The molecule has 1 aromatic carbocycles. The van der Waals surface area contributed by atoms with E-state index in [1.165, 1.54) is 16.7 Å². The summed E-state index contributed by atoms with van der Waals surface area (Å²) >= 11 is 6.20. The maximum Gasteiger partial charge on any atom is 0.0592 e. The Morgan fingerprint density at radius 1 is 1.15 bits per heavy atom. The van der Waals surface area contributed by atoms with Gasteiger partial charge in [-0.2, -0.15) is 0 Å². The van der Waals surface area contributed by atoms with Crippen molar-refractivity contribution in [1.29, 1.82) is 0 Å². The number of hydrogen-bond acceptors (Lipinski definition) is 2. The van der Waals surface area contributed by atoms with E-state index in [4.69, 9.17) is 11.6 Å². The van der Waals surface area contributed by atoms with Crippen LogP contribution in [0.25, 0.3) is 0 Å². The Labute approximate surface area is 126 Å². The van der Waals surface area contributed by atoms with E-state index in [1.54, 1.807) is 0 Å². The molecule has 2 rings (SSSR count). The van der Waals surface area contributed by atoms with Crippen molar-refractivity contribution in [2.45, 2.75) is 33.2 Å². The van der Waals surface area contributed by atoms with E-state index in [0.29, 0.717) is 0 Å². The summed E-state index contributed by atoms with van der Waals surface area (Å²) in [6, 6.07) is 10.5. The molecule has 1 aromatic heterocycles. The highest BCUT2D eigenvalue weighted by Gasteiger charge is 2.14. The first-order valence-electron chi connectivity index (χ1n) is 7.03. The molecule has 3 heteroatoms. The quantitative estimate of drug-likeness (QED) is 0.880. The number of nitrogens with one attached hydrogen (secondary N) is 1. The van der Waals surface area contributed by atoms with Gasteiger partial charge in [-0.25, -0.2) is 0 Å². The highest BCUT2D eigenvalue weighted by atomic mass is 35.5. The molecule has 0 spiro atoms. The van der Waals surface area contributed by atoms with Crippen LogP contribution in [-0.2, 0) is 0 Å². The minimum absolute atomic E-state index is 0.139. The molecule has 2 aromatic rings. The van der Waals surface area contributed by atoms with Crippen molar-refractivity contribution in [2.24, 2.45) is 0 Å². The zero-order valence-electron chi connectivity index (χ0n) is 12.3. The van der Waals surface area contributed by atoms with Crippen LogP contribution in [0.2, 0.25) is 5.02 Å². The lowest BCUT2D eigenvalue weighted by atomic mass is 9.98. The fourth-order valence-corrected chi connectivity index (χ4v) is 2.60. The molecule has 0 aliphatic rings. The standard InChI is InChI=1S/C17H21ClN2/c1-4-7-19-17(14-6-5-13(3)20-11-14)15-8-12(2)9-16(18)10-15/h5-6,8-11,17,19H,4,7H2,1-3H3. The third-order valence-corrected chi connectivity index (χ3v) is 3.48. The van der Waals surface area contributed by atoms with Crippen LogP contribution in [0.4, 0.5) is 0 Å². The van der Waals surface area contributed by atoms with Gasteiger partial charge in [0.25, 0.3) is 0 Å². The van der Waals surface area contributed by atoms with Gasteiger partial charge in [0.05, 0.1) is 6.04 Å². The highest BCUT2D eigenvalue weighted by Crippen LogP contribution is 2.25. The van der Waals surface area contributed by atoms with E-state index in [9.17, 15) is 0 Å². The lowest BCUT2D eigenvalue weighted by Gasteiger charge is -2.20. The van der Waals surface area contributed by atoms with Gasteiger partial charge in [0.1, 0.15) is 0 Å². The molecular formula is C17H21ClN2. The van der Waals surface area contributed by atoms with Crippen LogP contribution in [0.15, 0.2) is 36.5 Å². The van der Waals surface area contributed by atoms with E-state index in [1.807, 2.05) is 31.3 Å². The first-order valence-corrected chi connectivity index (χ1v) is 7.41. The summed E-state index contributed by atoms with van der Waals surface area (Å²) in [7, 11) is 0. The van der Waals surface area contributed by atoms with E-state index < -0.39 is 0 Å². The number of hydrogen-bond donors (Lipinski definition) is 1. The van der Waals surface area contributed by atoms with Crippen LogP contribution in [0.1, 0.15) is 41.8 Å². The van der Waals surface area contributed by atoms with E-state index >= 15 is 0 Å². The van der Waals surface area contributed by atoms with E-state index in [-0.39, 0.29) is 6.04 Å². The van der Waals surface area contributed by atoms with Gasteiger partial charge in [-0.3, -0.25) is 4.98 Å². The van der Waals surface area contributed by atoms with Gasteiger partial charge in [-0.15, -0.1) is 0 Å². The summed E-state index contributed by atoms with van der Waals surface area (Å²) in [6.07, 6.45) is 3.04. The maximum absolute atomic E-state index is 6.20. The second-order valence-corrected chi connectivity index (χ2v) is 5.62. The zero-order chi connectivity index (χ0) is 14.5. The second kappa shape index (κ2) is 6.87. The summed E-state index contributed by atoms with van der Waals surface area (Å²) in [5.41, 5.74) is 4.57. The van der Waals surface area contributed by atoms with Crippen molar-refractivity contribution < 1.29 is 0 Å². The average molecular weight is 289 g/mol. The monoisotopic (exact) mass is 288 g/mol. The number of benzene rings is 1. The minimum Gasteiger partial charge on any atom is -0.306 e. The molecule has 0 aliphatic carbocycles. The van der Waals surface area contributed by atoms with Crippen molar-refractivity contribution in [1.82, 2.24) is 10.3 Å². The Balaban J connectivity index is 2.38. The zero-order valence-corrected chi connectivity index (χ0v) is 13.0. The van der Waals surface area contributed by atoms with Gasteiger partial charge in [0.2, 0.25) is 0 Å². The van der Waals surface area contributed by atoms with Crippen LogP contribution in [0, 0.1) is 13.8 Å². The predicted octanol–water partition coefficient (Wildman–Crippen LogP) is 4.44. The Morgan fingerprint density at radius 3 is 2.55 bits per heavy atom. The molecule has 0 saturated carbocycles. The number of nitrogens with zero attached hydrogens (tertiary/aromatic N) is 1. The van der Waals surface area contributed by atoms with Gasteiger partial charge in [-0.1, -0.05) is 30.7 Å². The first kappa shape index (κ1) is 15.0. The topological polar surface area (TPSA) is 24.9 Å². The summed E-state index contributed by atoms with van der Waals surface area (Å²) in [5, 5.41) is 4.36. The number of aryl methyl sites for hydroxylation is 2. The largest absolute Gasteiger partial charge is 0.306 e. The molecule has 1 heterocycles. The third kappa shape index (κ3) is 3.81.